The highest BCUT2D eigenvalue weighted by Gasteiger charge is 2.25. The second-order valence-electron chi connectivity index (χ2n) is 5.31. The van der Waals surface area contributed by atoms with Crippen LogP contribution in [0.4, 0.5) is 5.82 Å². The molecule has 2 aromatic heterocycles. The minimum absolute atomic E-state index is 0.194. The molecule has 3 aromatic rings. The monoisotopic (exact) mass is 343 g/mol. The summed E-state index contributed by atoms with van der Waals surface area (Å²) in [5.74, 6) is 1.63. The zero-order valence-electron chi connectivity index (χ0n) is 13.6. The van der Waals surface area contributed by atoms with Crippen molar-refractivity contribution >= 4 is 23.5 Å². The van der Waals surface area contributed by atoms with Crippen molar-refractivity contribution < 1.29 is 9.32 Å². The molecule has 0 aliphatic carbocycles. The predicted molar refractivity (Wildman–Crippen MR) is 90.6 cm³/mol. The molecule has 0 radical (unpaired) electrons. The zero-order chi connectivity index (χ0) is 17.1. The molecule has 0 saturated carbocycles. The first kappa shape index (κ1) is 16.3. The highest BCUT2D eigenvalue weighted by atomic mass is 32.2. The van der Waals surface area contributed by atoms with E-state index in [2.05, 4.69) is 20.7 Å². The van der Waals surface area contributed by atoms with E-state index < -0.39 is 5.25 Å². The molecule has 8 heteroatoms. The number of carbonyl (C=O) groups is 1. The molecule has 0 unspecified atom stereocenters. The summed E-state index contributed by atoms with van der Waals surface area (Å²) in [6, 6.07) is 11.2. The van der Waals surface area contributed by atoms with Gasteiger partial charge < -0.3 is 14.4 Å². The highest BCUT2D eigenvalue weighted by molar-refractivity contribution is 8.00. The second kappa shape index (κ2) is 6.88. The SMILES string of the molecule is Cc1cc(NC(=O)[C@H](Sc2nnc(C)n2C)c2ccccc2)no1. The van der Waals surface area contributed by atoms with Gasteiger partial charge >= 0.3 is 0 Å². The fourth-order valence-corrected chi connectivity index (χ4v) is 3.16. The number of nitrogens with zero attached hydrogens (tertiary/aromatic N) is 4. The van der Waals surface area contributed by atoms with E-state index in [4.69, 9.17) is 4.52 Å². The molecule has 0 aliphatic rings. The molecule has 1 atom stereocenters. The summed E-state index contributed by atoms with van der Waals surface area (Å²) in [6.07, 6.45) is 0. The Hall–Kier alpha value is -2.61. The first-order valence-electron chi connectivity index (χ1n) is 7.36. The lowest BCUT2D eigenvalue weighted by Gasteiger charge is -2.15. The summed E-state index contributed by atoms with van der Waals surface area (Å²) in [5, 5.41) is 15.0. The van der Waals surface area contributed by atoms with Crippen LogP contribution < -0.4 is 5.32 Å². The van der Waals surface area contributed by atoms with Gasteiger partial charge in [-0.3, -0.25) is 4.79 Å². The average molecular weight is 343 g/mol. The third-order valence-electron chi connectivity index (χ3n) is 3.50. The van der Waals surface area contributed by atoms with Crippen LogP contribution in [-0.4, -0.2) is 25.8 Å². The molecule has 0 bridgehead atoms. The average Bonchev–Trinajstić information content (AvgIpc) is 3.12. The zero-order valence-corrected chi connectivity index (χ0v) is 14.4. The third kappa shape index (κ3) is 3.48. The van der Waals surface area contributed by atoms with E-state index in [0.717, 1.165) is 11.4 Å². The molecular weight excluding hydrogens is 326 g/mol. The first-order valence-corrected chi connectivity index (χ1v) is 8.24. The number of anilines is 1. The summed E-state index contributed by atoms with van der Waals surface area (Å²) in [7, 11) is 1.87. The van der Waals surface area contributed by atoms with Gasteiger partial charge in [-0.05, 0) is 19.4 Å². The number of rotatable bonds is 5. The van der Waals surface area contributed by atoms with Crippen LogP contribution in [-0.2, 0) is 11.8 Å². The van der Waals surface area contributed by atoms with Crippen LogP contribution in [0.1, 0.15) is 22.4 Å². The van der Waals surface area contributed by atoms with Crippen molar-refractivity contribution in [2.24, 2.45) is 7.05 Å². The molecule has 3 rings (SSSR count). The molecule has 24 heavy (non-hydrogen) atoms. The van der Waals surface area contributed by atoms with Crippen LogP contribution in [0.5, 0.6) is 0 Å². The van der Waals surface area contributed by atoms with Gasteiger partial charge in [0.1, 0.15) is 16.8 Å². The topological polar surface area (TPSA) is 85.8 Å². The predicted octanol–water partition coefficient (Wildman–Crippen LogP) is 2.89. The van der Waals surface area contributed by atoms with Crippen molar-refractivity contribution in [3.63, 3.8) is 0 Å². The Balaban J connectivity index is 1.87. The standard InChI is InChI=1S/C16H17N5O2S/c1-10-9-13(20-23-10)17-15(22)14(12-7-5-4-6-8-12)24-16-19-18-11(2)21(16)3/h4-9,14H,1-3H3,(H,17,20,22)/t14-/m1/s1. The Bertz CT molecular complexity index is 843. The lowest BCUT2D eigenvalue weighted by Crippen LogP contribution is -2.19. The lowest BCUT2D eigenvalue weighted by atomic mass is 10.1. The molecule has 1 aromatic carbocycles. The van der Waals surface area contributed by atoms with Crippen LogP contribution in [0.2, 0.25) is 0 Å². The number of nitrogens with one attached hydrogen (secondary N) is 1. The van der Waals surface area contributed by atoms with Crippen LogP contribution in [0, 0.1) is 13.8 Å². The van der Waals surface area contributed by atoms with Crippen molar-refractivity contribution in [1.82, 2.24) is 19.9 Å². The summed E-state index contributed by atoms with van der Waals surface area (Å²) in [5.41, 5.74) is 0.876. The molecular formula is C16H17N5O2S. The van der Waals surface area contributed by atoms with Crippen LogP contribution >= 0.6 is 11.8 Å². The molecule has 124 valence electrons. The lowest BCUT2D eigenvalue weighted by molar-refractivity contribution is -0.115. The summed E-state index contributed by atoms with van der Waals surface area (Å²) in [4.78, 5) is 12.8. The minimum atomic E-state index is -0.481. The highest BCUT2D eigenvalue weighted by Crippen LogP contribution is 2.35. The van der Waals surface area contributed by atoms with E-state index in [1.807, 2.05) is 48.9 Å². The van der Waals surface area contributed by atoms with Crippen molar-refractivity contribution in [3.05, 3.63) is 53.5 Å². The fourth-order valence-electron chi connectivity index (χ4n) is 2.11. The maximum absolute atomic E-state index is 12.8. The van der Waals surface area contributed by atoms with Crippen LogP contribution in [0.3, 0.4) is 0 Å². The van der Waals surface area contributed by atoms with E-state index >= 15 is 0 Å². The number of thioether (sulfide) groups is 1. The van der Waals surface area contributed by atoms with Crippen LogP contribution in [0.15, 0.2) is 46.1 Å². The van der Waals surface area contributed by atoms with Crippen molar-refractivity contribution in [2.45, 2.75) is 24.3 Å². The Morgan fingerprint density at radius 2 is 2.00 bits per heavy atom. The Kier molecular flexibility index (Phi) is 4.66. The van der Waals surface area contributed by atoms with Gasteiger partial charge in [-0.1, -0.05) is 47.3 Å². The Labute approximate surface area is 143 Å². The number of carbonyl (C=O) groups excluding carboxylic acids is 1. The largest absolute Gasteiger partial charge is 0.360 e. The number of hydrogen-bond acceptors (Lipinski definition) is 6. The maximum atomic E-state index is 12.8. The summed E-state index contributed by atoms with van der Waals surface area (Å²) < 4.78 is 6.85. The molecule has 2 heterocycles. The van der Waals surface area contributed by atoms with Crippen molar-refractivity contribution in [3.8, 4) is 0 Å². The fraction of sp³-hybridized carbons (Fsp3) is 0.250. The van der Waals surface area contributed by atoms with E-state index in [0.29, 0.717) is 16.7 Å². The van der Waals surface area contributed by atoms with Gasteiger partial charge in [0.25, 0.3) is 0 Å². The summed E-state index contributed by atoms with van der Waals surface area (Å²) in [6.45, 7) is 3.64. The smallest absolute Gasteiger partial charge is 0.243 e. The van der Waals surface area contributed by atoms with Gasteiger partial charge in [0.15, 0.2) is 11.0 Å². The van der Waals surface area contributed by atoms with Gasteiger partial charge in [-0.25, -0.2) is 0 Å². The van der Waals surface area contributed by atoms with Gasteiger partial charge in [0, 0.05) is 13.1 Å². The minimum Gasteiger partial charge on any atom is -0.360 e. The molecule has 1 N–H and O–H groups in total. The normalized spacial score (nSPS) is 12.1. The van der Waals surface area contributed by atoms with Crippen molar-refractivity contribution in [2.75, 3.05) is 5.32 Å². The maximum Gasteiger partial charge on any atom is 0.243 e. The van der Waals surface area contributed by atoms with Gasteiger partial charge in [0.2, 0.25) is 5.91 Å². The number of aromatic nitrogens is 4. The van der Waals surface area contributed by atoms with E-state index in [1.165, 1.54) is 11.8 Å². The van der Waals surface area contributed by atoms with Crippen molar-refractivity contribution in [1.29, 1.82) is 0 Å². The van der Waals surface area contributed by atoms with Gasteiger partial charge in [-0.2, -0.15) is 0 Å². The second-order valence-corrected chi connectivity index (χ2v) is 6.38. The Morgan fingerprint density at radius 3 is 2.58 bits per heavy atom. The molecule has 0 aliphatic heterocycles. The quantitative estimate of drug-likeness (QED) is 0.717. The molecule has 0 saturated heterocycles. The van der Waals surface area contributed by atoms with E-state index in [-0.39, 0.29) is 5.91 Å². The first-order chi connectivity index (χ1) is 11.5. The Morgan fingerprint density at radius 1 is 1.25 bits per heavy atom. The number of hydrogen-bond donors (Lipinski definition) is 1. The van der Waals surface area contributed by atoms with E-state index in [9.17, 15) is 4.79 Å². The van der Waals surface area contributed by atoms with Gasteiger partial charge in [-0.15, -0.1) is 10.2 Å². The third-order valence-corrected chi connectivity index (χ3v) is 4.78. The molecule has 1 amide bonds. The molecule has 7 nitrogen and oxygen atoms in total. The van der Waals surface area contributed by atoms with Gasteiger partial charge in [0.05, 0.1) is 0 Å². The molecule has 0 spiro atoms. The number of benzene rings is 1. The van der Waals surface area contributed by atoms with Crippen LogP contribution in [0.25, 0.3) is 0 Å². The summed E-state index contributed by atoms with van der Waals surface area (Å²) >= 11 is 1.34. The molecule has 0 fully saturated rings. The number of aryl methyl sites for hydroxylation is 2. The number of amides is 1. The van der Waals surface area contributed by atoms with E-state index in [1.54, 1.807) is 13.0 Å².